The van der Waals surface area contributed by atoms with Gasteiger partial charge in [-0.15, -0.1) is 0 Å². The van der Waals surface area contributed by atoms with Crippen LogP contribution < -0.4 is 15.8 Å². The van der Waals surface area contributed by atoms with Crippen LogP contribution in [0.2, 0.25) is 0 Å². The number of pyridine rings is 1. The fourth-order valence-electron chi connectivity index (χ4n) is 4.81. The highest BCUT2D eigenvalue weighted by Gasteiger charge is 2.30. The minimum Gasteiger partial charge on any atom is -0.375 e. The number of benzene rings is 1. The molecule has 0 radical (unpaired) electrons. The van der Waals surface area contributed by atoms with Gasteiger partial charge >= 0.3 is 0 Å². The topological polar surface area (TPSA) is 74.4 Å². The average Bonchev–Trinajstić information content (AvgIpc) is 2.69. The molecule has 1 fully saturated rings. The van der Waals surface area contributed by atoms with Gasteiger partial charge < -0.3 is 19.9 Å². The van der Waals surface area contributed by atoms with Gasteiger partial charge in [0.1, 0.15) is 0 Å². The van der Waals surface area contributed by atoms with Gasteiger partial charge in [0.25, 0.3) is 11.5 Å². The number of rotatable bonds is 6. The quantitative estimate of drug-likeness (QED) is 0.594. The van der Waals surface area contributed by atoms with E-state index >= 15 is 0 Å². The first-order chi connectivity index (χ1) is 15.1. The first-order valence-corrected chi connectivity index (χ1v) is 12.1. The zero-order valence-corrected chi connectivity index (χ0v) is 21.4. The SMILES string of the molecule is CCN(c1cc(Br)cc(C(=O)NCc2c(C)cc(C)[nH]c2=O)c1C)C1CC(C)OC(C)C1. The summed E-state index contributed by atoms with van der Waals surface area (Å²) in [5.41, 5.74) is 4.72. The maximum atomic E-state index is 13.1. The molecule has 2 unspecified atom stereocenters. The number of nitrogens with one attached hydrogen (secondary N) is 2. The number of aromatic amines is 1. The van der Waals surface area contributed by atoms with Crippen molar-refractivity contribution in [2.24, 2.45) is 0 Å². The summed E-state index contributed by atoms with van der Waals surface area (Å²) in [7, 11) is 0. The van der Waals surface area contributed by atoms with Gasteiger partial charge in [-0.05, 0) is 83.7 Å². The van der Waals surface area contributed by atoms with E-state index in [9.17, 15) is 9.59 Å². The fourth-order valence-corrected chi connectivity index (χ4v) is 5.26. The van der Waals surface area contributed by atoms with Gasteiger partial charge in [0.15, 0.2) is 0 Å². The fraction of sp³-hybridized carbons (Fsp3) is 0.520. The van der Waals surface area contributed by atoms with Crippen molar-refractivity contribution in [2.75, 3.05) is 11.4 Å². The summed E-state index contributed by atoms with van der Waals surface area (Å²) in [6.07, 6.45) is 2.34. The van der Waals surface area contributed by atoms with Gasteiger partial charge in [-0.3, -0.25) is 9.59 Å². The molecule has 174 valence electrons. The molecule has 2 aromatic rings. The number of aromatic nitrogens is 1. The van der Waals surface area contributed by atoms with Crippen molar-refractivity contribution in [3.05, 3.63) is 61.0 Å². The van der Waals surface area contributed by atoms with Crippen LogP contribution in [0.1, 0.15) is 66.4 Å². The number of H-pyrrole nitrogens is 1. The predicted octanol–water partition coefficient (Wildman–Crippen LogP) is 4.77. The van der Waals surface area contributed by atoms with Crippen LogP contribution in [-0.2, 0) is 11.3 Å². The highest BCUT2D eigenvalue weighted by molar-refractivity contribution is 9.10. The van der Waals surface area contributed by atoms with Gasteiger partial charge in [0, 0.05) is 46.1 Å². The molecule has 0 bridgehead atoms. The maximum Gasteiger partial charge on any atom is 0.253 e. The van der Waals surface area contributed by atoms with E-state index < -0.39 is 0 Å². The molecule has 2 N–H and O–H groups in total. The molecule has 0 saturated carbocycles. The number of halogens is 1. The Hall–Kier alpha value is -2.12. The number of amides is 1. The molecular formula is C25H34BrN3O3. The van der Waals surface area contributed by atoms with Crippen LogP contribution in [0.5, 0.6) is 0 Å². The van der Waals surface area contributed by atoms with Gasteiger partial charge in [-0.25, -0.2) is 0 Å². The third kappa shape index (κ3) is 5.44. The van der Waals surface area contributed by atoms with Crippen molar-refractivity contribution in [3.63, 3.8) is 0 Å². The maximum absolute atomic E-state index is 13.1. The van der Waals surface area contributed by atoms with E-state index in [0.29, 0.717) is 17.2 Å². The van der Waals surface area contributed by atoms with Crippen LogP contribution in [0.4, 0.5) is 5.69 Å². The molecule has 1 aromatic heterocycles. The predicted molar refractivity (Wildman–Crippen MR) is 133 cm³/mol. The third-order valence-electron chi connectivity index (χ3n) is 6.27. The average molecular weight is 504 g/mol. The molecule has 1 aromatic carbocycles. The Labute approximate surface area is 198 Å². The van der Waals surface area contributed by atoms with E-state index in [4.69, 9.17) is 4.74 Å². The summed E-state index contributed by atoms with van der Waals surface area (Å²) in [6.45, 7) is 13.2. The molecule has 1 aliphatic heterocycles. The lowest BCUT2D eigenvalue weighted by molar-refractivity contribution is -0.0376. The normalized spacial score (nSPS) is 20.8. The Bertz CT molecular complexity index is 1040. The molecule has 2 heterocycles. The zero-order chi connectivity index (χ0) is 23.6. The van der Waals surface area contributed by atoms with E-state index in [0.717, 1.165) is 46.4 Å². The number of aryl methyl sites for hydroxylation is 2. The lowest BCUT2D eigenvalue weighted by atomic mass is 9.96. The Morgan fingerprint density at radius 1 is 1.19 bits per heavy atom. The first-order valence-electron chi connectivity index (χ1n) is 11.3. The van der Waals surface area contributed by atoms with Gasteiger partial charge in [-0.1, -0.05) is 15.9 Å². The lowest BCUT2D eigenvalue weighted by Crippen LogP contribution is -2.44. The Kier molecular flexibility index (Phi) is 7.83. The number of nitrogens with zero attached hydrogens (tertiary/aromatic N) is 1. The Morgan fingerprint density at radius 3 is 2.44 bits per heavy atom. The highest BCUT2D eigenvalue weighted by atomic mass is 79.9. The van der Waals surface area contributed by atoms with E-state index in [1.54, 1.807) is 0 Å². The summed E-state index contributed by atoms with van der Waals surface area (Å²) in [6, 6.07) is 6.22. The summed E-state index contributed by atoms with van der Waals surface area (Å²) >= 11 is 3.60. The number of hydrogen-bond acceptors (Lipinski definition) is 4. The lowest BCUT2D eigenvalue weighted by Gasteiger charge is -2.41. The molecule has 1 saturated heterocycles. The summed E-state index contributed by atoms with van der Waals surface area (Å²) < 4.78 is 6.80. The van der Waals surface area contributed by atoms with Crippen LogP contribution in [0.25, 0.3) is 0 Å². The summed E-state index contributed by atoms with van der Waals surface area (Å²) in [4.78, 5) is 30.6. The number of ether oxygens (including phenoxy) is 1. The molecule has 32 heavy (non-hydrogen) atoms. The van der Waals surface area contributed by atoms with Crippen molar-refractivity contribution < 1.29 is 9.53 Å². The molecular weight excluding hydrogens is 470 g/mol. The van der Waals surface area contributed by atoms with E-state index in [-0.39, 0.29) is 30.2 Å². The zero-order valence-electron chi connectivity index (χ0n) is 19.8. The monoisotopic (exact) mass is 503 g/mol. The molecule has 1 aliphatic rings. The second-order valence-electron chi connectivity index (χ2n) is 8.89. The van der Waals surface area contributed by atoms with Crippen molar-refractivity contribution in [1.82, 2.24) is 10.3 Å². The van der Waals surface area contributed by atoms with E-state index in [1.807, 2.05) is 32.9 Å². The molecule has 0 spiro atoms. The molecule has 3 rings (SSSR count). The highest BCUT2D eigenvalue weighted by Crippen LogP contribution is 2.33. The molecule has 6 nitrogen and oxygen atoms in total. The van der Waals surface area contributed by atoms with Crippen LogP contribution in [0, 0.1) is 20.8 Å². The van der Waals surface area contributed by atoms with E-state index in [2.05, 4.69) is 58.0 Å². The Morgan fingerprint density at radius 2 is 1.84 bits per heavy atom. The van der Waals surface area contributed by atoms with Crippen molar-refractivity contribution >= 4 is 27.5 Å². The standard InChI is InChI=1S/C25H34BrN3O3/c1-7-29(20-9-16(4)32-17(5)10-20)23-12-19(26)11-21(18(23)6)24(30)27-13-22-14(2)8-15(3)28-25(22)31/h8,11-12,16-17,20H,7,9-10,13H2,1-6H3,(H,27,30)(H,28,31). The minimum atomic E-state index is -0.186. The number of carbonyl (C=O) groups is 1. The second-order valence-corrected chi connectivity index (χ2v) is 9.81. The van der Waals surface area contributed by atoms with Crippen LogP contribution in [0.3, 0.4) is 0 Å². The molecule has 1 amide bonds. The summed E-state index contributed by atoms with van der Waals surface area (Å²) in [5.74, 6) is -0.186. The van der Waals surface area contributed by atoms with Crippen molar-refractivity contribution in [2.45, 2.75) is 79.2 Å². The van der Waals surface area contributed by atoms with Gasteiger partial charge in [0.05, 0.1) is 12.2 Å². The van der Waals surface area contributed by atoms with Crippen molar-refractivity contribution in [3.8, 4) is 0 Å². The number of carbonyl (C=O) groups excluding carboxylic acids is 1. The summed E-state index contributed by atoms with van der Waals surface area (Å²) in [5, 5.41) is 2.94. The van der Waals surface area contributed by atoms with Gasteiger partial charge in [0.2, 0.25) is 0 Å². The minimum absolute atomic E-state index is 0.158. The van der Waals surface area contributed by atoms with Crippen molar-refractivity contribution in [1.29, 1.82) is 0 Å². The van der Waals surface area contributed by atoms with Crippen LogP contribution in [-0.4, -0.2) is 35.7 Å². The Balaban J connectivity index is 1.87. The molecule has 7 heteroatoms. The largest absolute Gasteiger partial charge is 0.375 e. The molecule has 2 atom stereocenters. The van der Waals surface area contributed by atoms with Crippen LogP contribution >= 0.6 is 15.9 Å². The smallest absolute Gasteiger partial charge is 0.253 e. The second kappa shape index (κ2) is 10.2. The number of anilines is 1. The number of hydrogen-bond donors (Lipinski definition) is 2. The molecule has 0 aliphatic carbocycles. The first kappa shape index (κ1) is 24.5. The van der Waals surface area contributed by atoms with Crippen LogP contribution in [0.15, 0.2) is 27.5 Å². The van der Waals surface area contributed by atoms with E-state index in [1.165, 1.54) is 0 Å². The van der Waals surface area contributed by atoms with Gasteiger partial charge in [-0.2, -0.15) is 0 Å². The third-order valence-corrected chi connectivity index (χ3v) is 6.73.